The molecule has 2 fully saturated rings. The van der Waals surface area contributed by atoms with Crippen molar-refractivity contribution >= 4 is 11.8 Å². The van der Waals surface area contributed by atoms with Crippen LogP contribution in [0.15, 0.2) is 0 Å². The first kappa shape index (κ1) is 9.81. The second kappa shape index (κ2) is 4.20. The summed E-state index contributed by atoms with van der Waals surface area (Å²) in [5.74, 6) is 2.55. The predicted octanol–water partition coefficient (Wildman–Crippen LogP) is 1.34. The second-order valence-corrected chi connectivity index (χ2v) is 5.51. The normalized spacial score (nSPS) is 28.4. The second-order valence-electron chi connectivity index (χ2n) is 4.28. The number of hydrogen-bond donors (Lipinski definition) is 1. The first-order valence-corrected chi connectivity index (χ1v) is 6.47. The molecule has 0 aromatic rings. The standard InChI is InChI=1S/C10H19NOS/c12-10(2-1-3-10)4-5-11-6-8-13-9-7-11/h12H,1-9H2. The summed E-state index contributed by atoms with van der Waals surface area (Å²) < 4.78 is 0. The van der Waals surface area contributed by atoms with E-state index in [9.17, 15) is 5.11 Å². The van der Waals surface area contributed by atoms with E-state index >= 15 is 0 Å². The highest BCUT2D eigenvalue weighted by atomic mass is 32.2. The molecule has 2 nitrogen and oxygen atoms in total. The molecule has 0 aromatic heterocycles. The van der Waals surface area contributed by atoms with Crippen molar-refractivity contribution in [3.05, 3.63) is 0 Å². The van der Waals surface area contributed by atoms with Crippen LogP contribution in [0.5, 0.6) is 0 Å². The average Bonchev–Trinajstić information content (AvgIpc) is 2.13. The fourth-order valence-electron chi connectivity index (χ4n) is 2.03. The summed E-state index contributed by atoms with van der Waals surface area (Å²) in [6.45, 7) is 3.55. The quantitative estimate of drug-likeness (QED) is 0.745. The Morgan fingerprint density at radius 1 is 1.23 bits per heavy atom. The maximum absolute atomic E-state index is 9.91. The van der Waals surface area contributed by atoms with Gasteiger partial charge in [-0.05, 0) is 25.7 Å². The van der Waals surface area contributed by atoms with Gasteiger partial charge in [0.15, 0.2) is 0 Å². The third-order valence-electron chi connectivity index (χ3n) is 3.28. The van der Waals surface area contributed by atoms with E-state index in [4.69, 9.17) is 0 Å². The van der Waals surface area contributed by atoms with Crippen molar-refractivity contribution in [2.45, 2.75) is 31.3 Å². The summed E-state index contributed by atoms with van der Waals surface area (Å²) in [5, 5.41) is 9.91. The van der Waals surface area contributed by atoms with Gasteiger partial charge in [-0.2, -0.15) is 11.8 Å². The number of nitrogens with zero attached hydrogens (tertiary/aromatic N) is 1. The van der Waals surface area contributed by atoms with Crippen LogP contribution in [-0.4, -0.2) is 46.7 Å². The lowest BCUT2D eigenvalue weighted by molar-refractivity contribution is -0.0458. The van der Waals surface area contributed by atoms with Crippen LogP contribution in [0.2, 0.25) is 0 Å². The molecule has 13 heavy (non-hydrogen) atoms. The maximum atomic E-state index is 9.91. The Morgan fingerprint density at radius 3 is 2.46 bits per heavy atom. The van der Waals surface area contributed by atoms with Gasteiger partial charge in [-0.1, -0.05) is 0 Å². The molecule has 0 amide bonds. The summed E-state index contributed by atoms with van der Waals surface area (Å²) in [5.41, 5.74) is -0.273. The van der Waals surface area contributed by atoms with Crippen LogP contribution in [0, 0.1) is 0 Å². The van der Waals surface area contributed by atoms with Gasteiger partial charge < -0.3 is 10.0 Å². The van der Waals surface area contributed by atoms with E-state index in [-0.39, 0.29) is 5.60 Å². The molecular formula is C10H19NOS. The smallest absolute Gasteiger partial charge is 0.0660 e. The van der Waals surface area contributed by atoms with E-state index in [0.29, 0.717) is 0 Å². The van der Waals surface area contributed by atoms with Gasteiger partial charge in [0.1, 0.15) is 0 Å². The number of aliphatic hydroxyl groups is 1. The Hall–Kier alpha value is 0.270. The SMILES string of the molecule is OC1(CCN2CCSCC2)CCC1. The van der Waals surface area contributed by atoms with Gasteiger partial charge >= 0.3 is 0 Å². The highest BCUT2D eigenvalue weighted by Crippen LogP contribution is 2.34. The largest absolute Gasteiger partial charge is 0.390 e. The Balaban J connectivity index is 1.66. The summed E-state index contributed by atoms with van der Waals surface area (Å²) in [7, 11) is 0. The van der Waals surface area contributed by atoms with Gasteiger partial charge in [-0.15, -0.1) is 0 Å². The van der Waals surface area contributed by atoms with Crippen molar-refractivity contribution in [1.82, 2.24) is 4.90 Å². The van der Waals surface area contributed by atoms with E-state index < -0.39 is 0 Å². The van der Waals surface area contributed by atoms with Gasteiger partial charge in [0, 0.05) is 31.1 Å². The van der Waals surface area contributed by atoms with Crippen LogP contribution in [-0.2, 0) is 0 Å². The molecule has 2 aliphatic rings. The first-order chi connectivity index (χ1) is 6.29. The van der Waals surface area contributed by atoms with Crippen LogP contribution >= 0.6 is 11.8 Å². The van der Waals surface area contributed by atoms with Gasteiger partial charge in [0.2, 0.25) is 0 Å². The van der Waals surface area contributed by atoms with Crippen LogP contribution in [0.3, 0.4) is 0 Å². The lowest BCUT2D eigenvalue weighted by atomic mass is 9.78. The molecule has 0 unspecified atom stereocenters. The summed E-state index contributed by atoms with van der Waals surface area (Å²) >= 11 is 2.05. The zero-order chi connectivity index (χ0) is 9.15. The van der Waals surface area contributed by atoms with Gasteiger partial charge in [0.05, 0.1) is 5.60 Å². The Morgan fingerprint density at radius 2 is 1.92 bits per heavy atom. The highest BCUT2D eigenvalue weighted by Gasteiger charge is 2.34. The minimum absolute atomic E-state index is 0.273. The summed E-state index contributed by atoms with van der Waals surface area (Å²) in [6, 6.07) is 0. The van der Waals surface area contributed by atoms with Crippen molar-refractivity contribution < 1.29 is 5.11 Å². The molecule has 1 saturated heterocycles. The van der Waals surface area contributed by atoms with Crippen molar-refractivity contribution in [3.8, 4) is 0 Å². The molecule has 0 bridgehead atoms. The Bertz CT molecular complexity index is 164. The third kappa shape index (κ3) is 2.61. The number of thioether (sulfide) groups is 1. The van der Waals surface area contributed by atoms with Crippen molar-refractivity contribution in [2.24, 2.45) is 0 Å². The maximum Gasteiger partial charge on any atom is 0.0660 e. The first-order valence-electron chi connectivity index (χ1n) is 5.31. The molecule has 0 atom stereocenters. The lowest BCUT2D eigenvalue weighted by Gasteiger charge is -2.38. The van der Waals surface area contributed by atoms with Crippen LogP contribution in [0.4, 0.5) is 0 Å². The van der Waals surface area contributed by atoms with E-state index in [2.05, 4.69) is 4.90 Å². The lowest BCUT2D eigenvalue weighted by Crippen LogP contribution is -2.42. The molecule has 0 spiro atoms. The molecular weight excluding hydrogens is 182 g/mol. The van der Waals surface area contributed by atoms with Gasteiger partial charge in [-0.3, -0.25) is 0 Å². The summed E-state index contributed by atoms with van der Waals surface area (Å²) in [6.07, 6.45) is 4.30. The molecule has 1 aliphatic carbocycles. The van der Waals surface area contributed by atoms with Gasteiger partial charge in [-0.25, -0.2) is 0 Å². The van der Waals surface area contributed by atoms with Crippen LogP contribution in [0.25, 0.3) is 0 Å². The van der Waals surface area contributed by atoms with Crippen LogP contribution in [0.1, 0.15) is 25.7 Å². The zero-order valence-corrected chi connectivity index (χ0v) is 8.98. The Labute approximate surface area is 84.7 Å². The molecule has 1 heterocycles. The molecule has 0 aromatic carbocycles. The average molecular weight is 201 g/mol. The minimum atomic E-state index is -0.273. The molecule has 0 radical (unpaired) electrons. The van der Waals surface area contributed by atoms with Crippen molar-refractivity contribution in [3.63, 3.8) is 0 Å². The van der Waals surface area contributed by atoms with Crippen LogP contribution < -0.4 is 0 Å². The molecule has 1 N–H and O–H groups in total. The van der Waals surface area contributed by atoms with Crippen molar-refractivity contribution in [2.75, 3.05) is 31.1 Å². The monoisotopic (exact) mass is 201 g/mol. The van der Waals surface area contributed by atoms with E-state index in [1.807, 2.05) is 11.8 Å². The van der Waals surface area contributed by atoms with Gasteiger partial charge in [0.25, 0.3) is 0 Å². The third-order valence-corrected chi connectivity index (χ3v) is 4.22. The number of hydrogen-bond acceptors (Lipinski definition) is 3. The minimum Gasteiger partial charge on any atom is -0.390 e. The molecule has 3 heteroatoms. The fraction of sp³-hybridized carbons (Fsp3) is 1.00. The zero-order valence-electron chi connectivity index (χ0n) is 8.17. The Kier molecular flexibility index (Phi) is 3.17. The molecule has 1 saturated carbocycles. The highest BCUT2D eigenvalue weighted by molar-refractivity contribution is 7.99. The predicted molar refractivity (Wildman–Crippen MR) is 57.2 cm³/mol. The topological polar surface area (TPSA) is 23.5 Å². The van der Waals surface area contributed by atoms with E-state index in [1.54, 1.807) is 0 Å². The van der Waals surface area contributed by atoms with Crippen molar-refractivity contribution in [1.29, 1.82) is 0 Å². The summed E-state index contributed by atoms with van der Waals surface area (Å²) in [4.78, 5) is 2.49. The fourth-order valence-corrected chi connectivity index (χ4v) is 3.00. The molecule has 76 valence electrons. The molecule has 1 aliphatic heterocycles. The van der Waals surface area contributed by atoms with E-state index in [0.717, 1.165) is 25.8 Å². The number of rotatable bonds is 3. The van der Waals surface area contributed by atoms with E-state index in [1.165, 1.54) is 31.0 Å². The molecule has 2 rings (SSSR count).